The Bertz CT molecular complexity index is 961. The minimum absolute atomic E-state index is 0.0429. The minimum atomic E-state index is -4.36. The number of nitrogens with zero attached hydrogens (tertiary/aromatic N) is 5. The monoisotopic (exact) mass is 406 g/mol. The number of anilines is 4. The van der Waals surface area contributed by atoms with Crippen molar-refractivity contribution in [1.82, 2.24) is 24.8 Å². The lowest BCUT2D eigenvalue weighted by molar-refractivity contribution is -0.115. The van der Waals surface area contributed by atoms with Crippen LogP contribution < -0.4 is 15.5 Å². The number of piperazine rings is 1. The predicted octanol–water partition coefficient (Wildman–Crippen LogP) is 2.82. The molecule has 1 fully saturated rings. The highest BCUT2D eigenvalue weighted by Crippen LogP contribution is 2.24. The van der Waals surface area contributed by atoms with E-state index in [0.29, 0.717) is 5.52 Å². The van der Waals surface area contributed by atoms with E-state index in [1.54, 1.807) is 0 Å². The van der Waals surface area contributed by atoms with E-state index in [2.05, 4.69) is 47.4 Å². The molecule has 1 aliphatic heterocycles. The molecule has 0 unspecified atom stereocenters. The number of fused-ring (bicyclic) bond motifs is 1. The van der Waals surface area contributed by atoms with E-state index in [1.165, 1.54) is 6.33 Å². The van der Waals surface area contributed by atoms with Crippen molar-refractivity contribution in [3.63, 3.8) is 0 Å². The standard InChI is InChI=1S/C18H21F3N8/c1-28-6-8-29(9-7-28)13-4-2-12(3-5-13)25-17-26-15(22-10-18(19,20)21)14-16(27-17)24-11-23-14/h2-5,11H,6-10H2,1H3,(H3,22,23,24,25,26,27). The van der Waals surface area contributed by atoms with Crippen molar-refractivity contribution in [2.24, 2.45) is 0 Å². The predicted molar refractivity (Wildman–Crippen MR) is 106 cm³/mol. The summed E-state index contributed by atoms with van der Waals surface area (Å²) in [6.07, 6.45) is -2.99. The van der Waals surface area contributed by atoms with Crippen LogP contribution in [0.2, 0.25) is 0 Å². The van der Waals surface area contributed by atoms with Crippen LogP contribution in [0, 0.1) is 0 Å². The highest BCUT2D eigenvalue weighted by Gasteiger charge is 2.27. The molecule has 1 aromatic carbocycles. The summed E-state index contributed by atoms with van der Waals surface area (Å²) in [6.45, 7) is 2.78. The van der Waals surface area contributed by atoms with Gasteiger partial charge in [0.2, 0.25) is 5.95 Å². The molecular weight excluding hydrogens is 385 g/mol. The largest absolute Gasteiger partial charge is 0.405 e. The third kappa shape index (κ3) is 4.67. The van der Waals surface area contributed by atoms with E-state index in [4.69, 9.17) is 0 Å². The molecular formula is C18H21F3N8. The Morgan fingerprint density at radius 1 is 1.07 bits per heavy atom. The lowest BCUT2D eigenvalue weighted by atomic mass is 10.2. The fourth-order valence-corrected chi connectivity index (χ4v) is 3.15. The molecule has 3 heterocycles. The maximum absolute atomic E-state index is 12.6. The van der Waals surface area contributed by atoms with Crippen molar-refractivity contribution in [3.8, 4) is 0 Å². The van der Waals surface area contributed by atoms with Gasteiger partial charge in [0.25, 0.3) is 0 Å². The number of imidazole rings is 1. The molecule has 0 bridgehead atoms. The zero-order valence-corrected chi connectivity index (χ0v) is 15.8. The van der Waals surface area contributed by atoms with Gasteiger partial charge in [-0.3, -0.25) is 0 Å². The Hall–Kier alpha value is -3.08. The number of H-pyrrole nitrogens is 1. The van der Waals surface area contributed by atoms with Gasteiger partial charge in [-0.2, -0.15) is 23.1 Å². The molecule has 0 amide bonds. The third-order valence-electron chi connectivity index (χ3n) is 4.73. The zero-order valence-electron chi connectivity index (χ0n) is 15.8. The van der Waals surface area contributed by atoms with Crippen LogP contribution in [0.15, 0.2) is 30.6 Å². The van der Waals surface area contributed by atoms with Crippen molar-refractivity contribution in [2.45, 2.75) is 6.18 Å². The van der Waals surface area contributed by atoms with Gasteiger partial charge in [0.05, 0.1) is 6.33 Å². The van der Waals surface area contributed by atoms with Crippen LogP contribution in [0.4, 0.5) is 36.3 Å². The Morgan fingerprint density at radius 3 is 2.48 bits per heavy atom. The van der Waals surface area contributed by atoms with Gasteiger partial charge in [-0.25, -0.2) is 4.98 Å². The van der Waals surface area contributed by atoms with Crippen molar-refractivity contribution in [1.29, 1.82) is 0 Å². The molecule has 2 aromatic heterocycles. The second kappa shape index (κ2) is 7.74. The number of halogens is 3. The van der Waals surface area contributed by atoms with Crippen molar-refractivity contribution >= 4 is 34.3 Å². The van der Waals surface area contributed by atoms with Crippen LogP contribution in [-0.2, 0) is 0 Å². The number of alkyl halides is 3. The maximum Gasteiger partial charge on any atom is 0.405 e. The summed E-state index contributed by atoms with van der Waals surface area (Å²) in [4.78, 5) is 19.8. The number of aromatic nitrogens is 4. The molecule has 3 N–H and O–H groups in total. The van der Waals surface area contributed by atoms with Crippen LogP contribution in [0.5, 0.6) is 0 Å². The molecule has 11 heteroatoms. The number of hydrogen-bond donors (Lipinski definition) is 3. The van der Waals surface area contributed by atoms with E-state index in [9.17, 15) is 13.2 Å². The fraction of sp³-hybridized carbons (Fsp3) is 0.389. The van der Waals surface area contributed by atoms with Gasteiger partial charge >= 0.3 is 6.18 Å². The quantitative estimate of drug-likeness (QED) is 0.601. The molecule has 1 aliphatic rings. The molecule has 29 heavy (non-hydrogen) atoms. The van der Waals surface area contributed by atoms with Crippen LogP contribution >= 0.6 is 0 Å². The van der Waals surface area contributed by atoms with Crippen molar-refractivity contribution in [3.05, 3.63) is 30.6 Å². The average Bonchev–Trinajstić information content (AvgIpc) is 3.15. The first-order valence-corrected chi connectivity index (χ1v) is 9.20. The third-order valence-corrected chi connectivity index (χ3v) is 4.73. The number of hydrogen-bond acceptors (Lipinski definition) is 7. The van der Waals surface area contributed by atoms with E-state index in [1.807, 2.05) is 24.3 Å². The van der Waals surface area contributed by atoms with E-state index in [0.717, 1.165) is 37.6 Å². The first-order chi connectivity index (χ1) is 13.9. The molecule has 3 aromatic rings. The van der Waals surface area contributed by atoms with Gasteiger partial charge in [0, 0.05) is 37.6 Å². The minimum Gasteiger partial charge on any atom is -0.369 e. The summed E-state index contributed by atoms with van der Waals surface area (Å²) in [5, 5.41) is 5.33. The Labute approximate surface area is 165 Å². The van der Waals surface area contributed by atoms with Gasteiger partial charge in [-0.05, 0) is 31.3 Å². The van der Waals surface area contributed by atoms with E-state index in [-0.39, 0.29) is 17.4 Å². The number of rotatable bonds is 5. The van der Waals surface area contributed by atoms with E-state index >= 15 is 0 Å². The van der Waals surface area contributed by atoms with Crippen molar-refractivity contribution in [2.75, 3.05) is 55.3 Å². The average molecular weight is 406 g/mol. The van der Waals surface area contributed by atoms with Gasteiger partial charge < -0.3 is 25.4 Å². The van der Waals surface area contributed by atoms with Gasteiger partial charge in [-0.1, -0.05) is 0 Å². The molecule has 0 saturated carbocycles. The highest BCUT2D eigenvalue weighted by molar-refractivity contribution is 5.84. The second-order valence-corrected chi connectivity index (χ2v) is 6.93. The van der Waals surface area contributed by atoms with Crippen LogP contribution in [0.3, 0.4) is 0 Å². The molecule has 0 aliphatic carbocycles. The lowest BCUT2D eigenvalue weighted by Gasteiger charge is -2.34. The van der Waals surface area contributed by atoms with E-state index < -0.39 is 12.7 Å². The molecule has 0 radical (unpaired) electrons. The molecule has 4 rings (SSSR count). The number of aromatic amines is 1. The summed E-state index contributed by atoms with van der Waals surface area (Å²) < 4.78 is 37.7. The van der Waals surface area contributed by atoms with Gasteiger partial charge in [0.1, 0.15) is 12.1 Å². The fourth-order valence-electron chi connectivity index (χ4n) is 3.15. The Balaban J connectivity index is 1.50. The Kier molecular flexibility index (Phi) is 5.14. The Morgan fingerprint density at radius 2 is 1.79 bits per heavy atom. The topological polar surface area (TPSA) is 85.0 Å². The number of nitrogens with one attached hydrogen (secondary N) is 3. The van der Waals surface area contributed by atoms with Crippen LogP contribution in [-0.4, -0.2) is 70.8 Å². The molecule has 1 saturated heterocycles. The van der Waals surface area contributed by atoms with Gasteiger partial charge in [0.15, 0.2) is 11.5 Å². The van der Waals surface area contributed by atoms with Gasteiger partial charge in [-0.15, -0.1) is 0 Å². The zero-order chi connectivity index (χ0) is 20.4. The summed E-state index contributed by atoms with van der Waals surface area (Å²) >= 11 is 0. The number of likely N-dealkylation sites (N-methyl/N-ethyl adjacent to an activating group) is 1. The van der Waals surface area contributed by atoms with Crippen molar-refractivity contribution < 1.29 is 13.2 Å². The summed E-state index contributed by atoms with van der Waals surface area (Å²) in [7, 11) is 2.11. The van der Waals surface area contributed by atoms with Crippen LogP contribution in [0.1, 0.15) is 0 Å². The number of benzene rings is 1. The lowest BCUT2D eigenvalue weighted by Crippen LogP contribution is -2.44. The first kappa shape index (κ1) is 19.2. The summed E-state index contributed by atoms with van der Waals surface area (Å²) in [5.41, 5.74) is 2.46. The molecule has 0 spiro atoms. The second-order valence-electron chi connectivity index (χ2n) is 6.93. The highest BCUT2D eigenvalue weighted by atomic mass is 19.4. The molecule has 8 nitrogen and oxygen atoms in total. The molecule has 0 atom stereocenters. The summed E-state index contributed by atoms with van der Waals surface area (Å²) in [6, 6.07) is 7.80. The molecule has 154 valence electrons. The first-order valence-electron chi connectivity index (χ1n) is 9.20. The summed E-state index contributed by atoms with van der Waals surface area (Å²) in [5.74, 6) is 0.211. The van der Waals surface area contributed by atoms with Crippen LogP contribution in [0.25, 0.3) is 11.2 Å². The maximum atomic E-state index is 12.6. The smallest absolute Gasteiger partial charge is 0.369 e. The normalized spacial score (nSPS) is 15.7. The SMILES string of the molecule is CN1CCN(c2ccc(Nc3nc(NCC(F)(F)F)c4[nH]cnc4n3)cc2)CC1.